The quantitative estimate of drug-likeness (QED) is 0.514. The van der Waals surface area contributed by atoms with Crippen molar-refractivity contribution in [1.29, 1.82) is 0 Å². The largest absolute Gasteiger partial charge is 0.350 e. The predicted molar refractivity (Wildman–Crippen MR) is 90.8 cm³/mol. The van der Waals surface area contributed by atoms with Crippen LogP contribution in [0.3, 0.4) is 0 Å². The lowest BCUT2D eigenvalue weighted by atomic mass is 9.91. The van der Waals surface area contributed by atoms with Gasteiger partial charge in [0.1, 0.15) is 0 Å². The van der Waals surface area contributed by atoms with E-state index < -0.39 is 0 Å². The first-order valence-corrected chi connectivity index (χ1v) is 7.77. The number of hydrogen-bond donors (Lipinski definition) is 0. The summed E-state index contributed by atoms with van der Waals surface area (Å²) in [4.78, 5) is 10.9. The van der Waals surface area contributed by atoms with Crippen molar-refractivity contribution in [2.24, 2.45) is 7.05 Å². The molecule has 0 bridgehead atoms. The number of halogens is 1. The van der Waals surface area contributed by atoms with E-state index in [1.165, 1.54) is 0 Å². The molecule has 0 aliphatic rings. The molecule has 0 aliphatic heterocycles. The molecule has 0 N–H and O–H groups in total. The molecule has 112 valence electrons. The summed E-state index contributed by atoms with van der Waals surface area (Å²) in [6.45, 7) is -0.115. The van der Waals surface area contributed by atoms with Crippen LogP contribution >= 0.6 is 15.9 Å². The van der Waals surface area contributed by atoms with Gasteiger partial charge in [-0.1, -0.05) is 46.3 Å². The van der Waals surface area contributed by atoms with E-state index >= 15 is 0 Å². The van der Waals surface area contributed by atoms with Crippen LogP contribution in [0.25, 0.3) is 10.9 Å². The molecule has 0 saturated heterocycles. The SMILES string of the molecule is Cn1cc([C@H](C[N+](=O)[O-])c2ccc(Br)cc2)c2ccccc21. The van der Waals surface area contributed by atoms with Crippen molar-refractivity contribution in [3.8, 4) is 0 Å². The Labute approximate surface area is 136 Å². The van der Waals surface area contributed by atoms with Crippen LogP contribution in [0.15, 0.2) is 59.2 Å². The first-order valence-electron chi connectivity index (χ1n) is 6.97. The van der Waals surface area contributed by atoms with Gasteiger partial charge < -0.3 is 4.57 Å². The normalized spacial score (nSPS) is 12.5. The maximum absolute atomic E-state index is 11.2. The number of aromatic nitrogens is 1. The van der Waals surface area contributed by atoms with Gasteiger partial charge in [0.2, 0.25) is 6.54 Å². The number of hydrogen-bond acceptors (Lipinski definition) is 2. The van der Waals surface area contributed by atoms with Crippen molar-refractivity contribution in [2.45, 2.75) is 5.92 Å². The molecule has 0 fully saturated rings. The third-order valence-electron chi connectivity index (χ3n) is 3.91. The molecule has 0 amide bonds. The average Bonchev–Trinajstić information content (AvgIpc) is 2.83. The van der Waals surface area contributed by atoms with Crippen molar-refractivity contribution < 1.29 is 4.92 Å². The van der Waals surface area contributed by atoms with Gasteiger partial charge in [-0.15, -0.1) is 0 Å². The summed E-state index contributed by atoms with van der Waals surface area (Å²) >= 11 is 3.41. The number of para-hydroxylation sites is 1. The van der Waals surface area contributed by atoms with Crippen molar-refractivity contribution in [2.75, 3.05) is 6.54 Å². The van der Waals surface area contributed by atoms with Gasteiger partial charge in [-0.05, 0) is 29.3 Å². The fourth-order valence-corrected chi connectivity index (χ4v) is 3.14. The van der Waals surface area contributed by atoms with Crippen molar-refractivity contribution >= 4 is 26.8 Å². The fourth-order valence-electron chi connectivity index (χ4n) is 2.88. The van der Waals surface area contributed by atoms with Gasteiger partial charge in [-0.3, -0.25) is 10.1 Å². The van der Waals surface area contributed by atoms with E-state index in [4.69, 9.17) is 0 Å². The minimum atomic E-state index is -0.255. The Bertz CT molecular complexity index is 824. The van der Waals surface area contributed by atoms with Crippen molar-refractivity contribution in [3.63, 3.8) is 0 Å². The second-order valence-corrected chi connectivity index (χ2v) is 6.25. The average molecular weight is 359 g/mol. The second-order valence-electron chi connectivity index (χ2n) is 5.33. The van der Waals surface area contributed by atoms with E-state index in [1.807, 2.05) is 66.3 Å². The summed E-state index contributed by atoms with van der Waals surface area (Å²) < 4.78 is 2.99. The summed E-state index contributed by atoms with van der Waals surface area (Å²) in [5.74, 6) is -0.255. The molecule has 3 rings (SSSR count). The van der Waals surface area contributed by atoms with E-state index in [1.54, 1.807) is 0 Å². The van der Waals surface area contributed by atoms with Gasteiger partial charge in [0.15, 0.2) is 0 Å². The Balaban J connectivity index is 2.16. The van der Waals surface area contributed by atoms with Crippen LogP contribution in [0.2, 0.25) is 0 Å². The Kier molecular flexibility index (Phi) is 3.98. The standard InChI is InChI=1S/C17H15BrN2O2/c1-19-10-16(14-4-2-3-5-17(14)19)15(11-20(21)22)12-6-8-13(18)9-7-12/h2-10,15H,11H2,1H3/t15-/m1/s1. The Morgan fingerprint density at radius 2 is 1.86 bits per heavy atom. The van der Waals surface area contributed by atoms with E-state index in [-0.39, 0.29) is 17.4 Å². The molecule has 5 heteroatoms. The summed E-state index contributed by atoms with van der Waals surface area (Å²) in [5.41, 5.74) is 3.04. The second kappa shape index (κ2) is 5.93. The zero-order valence-electron chi connectivity index (χ0n) is 12.1. The maximum atomic E-state index is 11.2. The van der Waals surface area contributed by atoms with Crippen LogP contribution < -0.4 is 0 Å². The monoisotopic (exact) mass is 358 g/mol. The Hall–Kier alpha value is -2.14. The molecule has 0 aliphatic carbocycles. The third kappa shape index (κ3) is 2.76. The highest BCUT2D eigenvalue weighted by atomic mass is 79.9. The zero-order valence-corrected chi connectivity index (χ0v) is 13.7. The van der Waals surface area contributed by atoms with Crippen molar-refractivity contribution in [3.05, 3.63) is 80.4 Å². The molecule has 0 radical (unpaired) electrons. The molecule has 0 spiro atoms. The van der Waals surface area contributed by atoms with E-state index in [0.29, 0.717) is 0 Å². The first kappa shape index (κ1) is 14.8. The number of rotatable bonds is 4. The molecule has 2 aromatic carbocycles. The van der Waals surface area contributed by atoms with Crippen LogP contribution in [0.1, 0.15) is 17.0 Å². The molecule has 1 aromatic heterocycles. The van der Waals surface area contributed by atoms with E-state index in [2.05, 4.69) is 15.9 Å². The number of nitro groups is 1. The highest BCUT2D eigenvalue weighted by molar-refractivity contribution is 9.10. The topological polar surface area (TPSA) is 48.1 Å². The van der Waals surface area contributed by atoms with Gasteiger partial charge in [-0.2, -0.15) is 0 Å². The van der Waals surface area contributed by atoms with Crippen LogP contribution in [0.5, 0.6) is 0 Å². The van der Waals surface area contributed by atoms with Crippen LogP contribution in [-0.4, -0.2) is 16.0 Å². The molecule has 1 heterocycles. The highest BCUT2D eigenvalue weighted by Gasteiger charge is 2.23. The van der Waals surface area contributed by atoms with Crippen LogP contribution in [-0.2, 0) is 7.05 Å². The minimum Gasteiger partial charge on any atom is -0.350 e. The fraction of sp³-hybridized carbons (Fsp3) is 0.176. The van der Waals surface area contributed by atoms with Gasteiger partial charge in [0.25, 0.3) is 0 Å². The zero-order chi connectivity index (χ0) is 15.7. The highest BCUT2D eigenvalue weighted by Crippen LogP contribution is 2.32. The predicted octanol–water partition coefficient (Wildman–Crippen LogP) is 4.35. The number of fused-ring (bicyclic) bond motifs is 1. The molecule has 3 aromatic rings. The summed E-state index contributed by atoms with van der Waals surface area (Å²) in [6.07, 6.45) is 2.00. The summed E-state index contributed by atoms with van der Waals surface area (Å²) in [5, 5.41) is 12.2. The van der Waals surface area contributed by atoms with E-state index in [9.17, 15) is 10.1 Å². The molecule has 0 saturated carbocycles. The van der Waals surface area contributed by atoms with Crippen LogP contribution in [0.4, 0.5) is 0 Å². The third-order valence-corrected chi connectivity index (χ3v) is 4.44. The lowest BCUT2D eigenvalue weighted by Gasteiger charge is -2.13. The van der Waals surface area contributed by atoms with Gasteiger partial charge in [0.05, 0.1) is 5.92 Å². The van der Waals surface area contributed by atoms with Gasteiger partial charge >= 0.3 is 0 Å². The molecular weight excluding hydrogens is 344 g/mol. The molecular formula is C17H15BrN2O2. The molecule has 22 heavy (non-hydrogen) atoms. The summed E-state index contributed by atoms with van der Waals surface area (Å²) in [7, 11) is 1.97. The number of benzene rings is 2. The lowest BCUT2D eigenvalue weighted by molar-refractivity contribution is -0.481. The van der Waals surface area contributed by atoms with Crippen molar-refractivity contribution in [1.82, 2.24) is 4.57 Å². The lowest BCUT2D eigenvalue weighted by Crippen LogP contribution is -2.13. The maximum Gasteiger partial charge on any atom is 0.214 e. The smallest absolute Gasteiger partial charge is 0.214 e. The number of aryl methyl sites for hydroxylation is 1. The van der Waals surface area contributed by atoms with Crippen LogP contribution in [0, 0.1) is 10.1 Å². The molecule has 0 unspecified atom stereocenters. The molecule has 4 nitrogen and oxygen atoms in total. The number of nitrogens with zero attached hydrogens (tertiary/aromatic N) is 2. The summed E-state index contributed by atoms with van der Waals surface area (Å²) in [6, 6.07) is 15.7. The van der Waals surface area contributed by atoms with E-state index in [0.717, 1.165) is 26.5 Å². The van der Waals surface area contributed by atoms with Gasteiger partial charge in [0, 0.05) is 33.5 Å². The Morgan fingerprint density at radius 3 is 2.55 bits per heavy atom. The minimum absolute atomic E-state index is 0.115. The molecule has 1 atom stereocenters. The first-order chi connectivity index (χ1) is 10.6. The Morgan fingerprint density at radius 1 is 1.18 bits per heavy atom. The van der Waals surface area contributed by atoms with Gasteiger partial charge in [-0.25, -0.2) is 0 Å².